The van der Waals surface area contributed by atoms with Gasteiger partial charge in [-0.15, -0.1) is 0 Å². The van der Waals surface area contributed by atoms with Crippen LogP contribution in [-0.4, -0.2) is 168 Å². The number of hydrogen-bond donors (Lipinski definition) is 11. The van der Waals surface area contributed by atoms with Gasteiger partial charge in [0.15, 0.2) is 6.29 Å². The highest BCUT2D eigenvalue weighted by Gasteiger charge is 2.62. The fourth-order valence-electron chi connectivity index (χ4n) is 4.14. The Hall–Kier alpha value is -0.640. The Morgan fingerprint density at radius 3 is 1.56 bits per heavy atom. The molecular weight excluding hydrogens is 472 g/mol. The highest BCUT2D eigenvalue weighted by Crippen LogP contribution is 2.39. The summed E-state index contributed by atoms with van der Waals surface area (Å²) >= 11 is 0. The molecule has 3 fully saturated rings. The molecule has 13 atom stereocenters. The molecule has 0 aromatic heterocycles. The van der Waals surface area contributed by atoms with Gasteiger partial charge in [0.25, 0.3) is 0 Å². The average molecular weight is 504 g/mol. The zero-order valence-electron chi connectivity index (χ0n) is 17.8. The SMILES string of the molecule is OCC1OC(O[C@]2(CO[C@]3(CO)O[C@H](CO)[C@H](O)C3O)O[C@H](CO)[C@H](O)C2O)[C@@H](O)[C@@H](O)[C@@H]1O. The monoisotopic (exact) mass is 504 g/mol. The lowest BCUT2D eigenvalue weighted by Crippen LogP contribution is -2.63. The lowest BCUT2D eigenvalue weighted by atomic mass is 9.99. The van der Waals surface area contributed by atoms with Crippen LogP contribution in [0.15, 0.2) is 0 Å². The van der Waals surface area contributed by atoms with Gasteiger partial charge in [-0.3, -0.25) is 0 Å². The molecule has 11 N–H and O–H groups in total. The molecule has 16 nitrogen and oxygen atoms in total. The van der Waals surface area contributed by atoms with E-state index in [2.05, 4.69) is 0 Å². The lowest BCUT2D eigenvalue weighted by Gasteiger charge is -2.44. The summed E-state index contributed by atoms with van der Waals surface area (Å²) < 4.78 is 26.9. The van der Waals surface area contributed by atoms with Gasteiger partial charge >= 0.3 is 0 Å². The molecule has 3 heterocycles. The highest BCUT2D eigenvalue weighted by atomic mass is 16.8. The molecule has 0 spiro atoms. The van der Waals surface area contributed by atoms with Crippen LogP contribution in [0.2, 0.25) is 0 Å². The molecule has 0 aliphatic carbocycles. The van der Waals surface area contributed by atoms with Crippen LogP contribution < -0.4 is 0 Å². The van der Waals surface area contributed by atoms with Crippen molar-refractivity contribution in [1.82, 2.24) is 0 Å². The predicted octanol–water partition coefficient (Wildman–Crippen LogP) is -7.57. The van der Waals surface area contributed by atoms with Gasteiger partial charge in [0.05, 0.1) is 19.8 Å². The molecule has 0 amide bonds. The number of hydrogen-bond acceptors (Lipinski definition) is 16. The normalized spacial score (nSPS) is 51.8. The molecule has 3 rings (SSSR count). The number of aliphatic hydroxyl groups is 11. The lowest BCUT2D eigenvalue weighted by molar-refractivity contribution is -0.399. The molecule has 200 valence electrons. The summed E-state index contributed by atoms with van der Waals surface area (Å²) in [5.74, 6) is -4.84. The number of rotatable bonds is 9. The first-order valence-corrected chi connectivity index (χ1v) is 10.5. The second-order valence-corrected chi connectivity index (χ2v) is 8.43. The van der Waals surface area contributed by atoms with Crippen LogP contribution >= 0.6 is 0 Å². The molecular formula is C18H32O16. The zero-order valence-corrected chi connectivity index (χ0v) is 17.8. The van der Waals surface area contributed by atoms with Gasteiger partial charge in [-0.2, -0.15) is 0 Å². The van der Waals surface area contributed by atoms with Crippen LogP contribution in [0.5, 0.6) is 0 Å². The van der Waals surface area contributed by atoms with Crippen LogP contribution in [0.25, 0.3) is 0 Å². The maximum Gasteiger partial charge on any atom is 0.224 e. The van der Waals surface area contributed by atoms with Gasteiger partial charge in [-0.25, -0.2) is 0 Å². The molecule has 34 heavy (non-hydrogen) atoms. The van der Waals surface area contributed by atoms with E-state index in [1.807, 2.05) is 0 Å². The molecule has 0 bridgehead atoms. The summed E-state index contributed by atoms with van der Waals surface area (Å²) in [4.78, 5) is 0. The highest BCUT2D eigenvalue weighted by molar-refractivity contribution is 5.01. The topological polar surface area (TPSA) is 269 Å². The van der Waals surface area contributed by atoms with Crippen LogP contribution in [0.1, 0.15) is 0 Å². The van der Waals surface area contributed by atoms with Crippen molar-refractivity contribution in [2.45, 2.75) is 78.9 Å². The van der Waals surface area contributed by atoms with Gasteiger partial charge < -0.3 is 79.9 Å². The fourth-order valence-corrected chi connectivity index (χ4v) is 4.14. The number of ether oxygens (including phenoxy) is 5. The molecule has 0 aromatic rings. The Morgan fingerprint density at radius 2 is 1.09 bits per heavy atom. The van der Waals surface area contributed by atoms with E-state index in [9.17, 15) is 56.2 Å². The molecule has 16 heteroatoms. The molecule has 0 radical (unpaired) electrons. The molecule has 4 unspecified atom stereocenters. The second kappa shape index (κ2) is 10.8. The van der Waals surface area contributed by atoms with E-state index < -0.39 is 112 Å². The summed E-state index contributed by atoms with van der Waals surface area (Å²) in [6, 6.07) is 0. The van der Waals surface area contributed by atoms with E-state index in [-0.39, 0.29) is 0 Å². The van der Waals surface area contributed by atoms with E-state index in [1.54, 1.807) is 0 Å². The van der Waals surface area contributed by atoms with Gasteiger partial charge in [-0.05, 0) is 0 Å². The Bertz CT molecular complexity index is 668. The van der Waals surface area contributed by atoms with Crippen LogP contribution in [0.4, 0.5) is 0 Å². The Kier molecular flexibility index (Phi) is 8.85. The van der Waals surface area contributed by atoms with Crippen molar-refractivity contribution in [3.05, 3.63) is 0 Å². The van der Waals surface area contributed by atoms with Crippen molar-refractivity contribution in [3.8, 4) is 0 Å². The molecule has 0 aromatic carbocycles. The Labute approximate surface area is 192 Å². The van der Waals surface area contributed by atoms with Crippen molar-refractivity contribution in [1.29, 1.82) is 0 Å². The van der Waals surface area contributed by atoms with E-state index in [0.717, 1.165) is 0 Å². The summed E-state index contributed by atoms with van der Waals surface area (Å²) in [7, 11) is 0. The third-order valence-corrected chi connectivity index (χ3v) is 6.27. The van der Waals surface area contributed by atoms with Gasteiger partial charge in [0.2, 0.25) is 11.6 Å². The largest absolute Gasteiger partial charge is 0.394 e. The molecule has 0 saturated carbocycles. The van der Waals surface area contributed by atoms with E-state index in [0.29, 0.717) is 0 Å². The van der Waals surface area contributed by atoms with E-state index in [4.69, 9.17) is 23.7 Å². The van der Waals surface area contributed by atoms with Crippen LogP contribution in [-0.2, 0) is 23.7 Å². The maximum atomic E-state index is 10.7. The first kappa shape index (κ1) is 27.9. The summed E-state index contributed by atoms with van der Waals surface area (Å²) in [6.45, 7) is -4.40. The molecule has 3 saturated heterocycles. The standard InChI is InChI=1S/C18H32O16/c19-1-6-9(23)12(26)13(27)16(31-6)34-18(15(29)11(25)8(3-21)33-18)5-30-17(4-22)14(28)10(24)7(2-20)32-17/h6-16,19-29H,1-5H2/t6?,7-,8-,9-,10+,11+,12+,13+,14?,15?,16?,17-,18+/m1/s1. The smallest absolute Gasteiger partial charge is 0.224 e. The average Bonchev–Trinajstić information content (AvgIpc) is 3.23. The summed E-state index contributed by atoms with van der Waals surface area (Å²) in [5.41, 5.74) is 0. The second-order valence-electron chi connectivity index (χ2n) is 8.43. The minimum Gasteiger partial charge on any atom is -0.394 e. The minimum atomic E-state index is -2.49. The quantitative estimate of drug-likeness (QED) is 0.139. The van der Waals surface area contributed by atoms with Gasteiger partial charge in [0, 0.05) is 0 Å². The third-order valence-electron chi connectivity index (χ3n) is 6.27. The predicted molar refractivity (Wildman–Crippen MR) is 101 cm³/mol. The Balaban J connectivity index is 1.87. The first-order valence-electron chi connectivity index (χ1n) is 10.5. The van der Waals surface area contributed by atoms with Crippen molar-refractivity contribution in [3.63, 3.8) is 0 Å². The summed E-state index contributed by atoms with van der Waals surface area (Å²) in [5, 5.41) is 109. The number of aliphatic hydroxyl groups excluding tert-OH is 11. The summed E-state index contributed by atoms with van der Waals surface area (Å²) in [6.07, 6.45) is -19.0. The molecule has 3 aliphatic heterocycles. The van der Waals surface area contributed by atoms with Gasteiger partial charge in [-0.1, -0.05) is 0 Å². The first-order chi connectivity index (χ1) is 16.0. The fraction of sp³-hybridized carbons (Fsp3) is 1.00. The Morgan fingerprint density at radius 1 is 0.588 bits per heavy atom. The van der Waals surface area contributed by atoms with Crippen molar-refractivity contribution >= 4 is 0 Å². The van der Waals surface area contributed by atoms with Crippen LogP contribution in [0, 0.1) is 0 Å². The van der Waals surface area contributed by atoms with Crippen molar-refractivity contribution in [2.75, 3.05) is 33.0 Å². The minimum absolute atomic E-state index is 0.750. The van der Waals surface area contributed by atoms with E-state index in [1.165, 1.54) is 0 Å². The zero-order chi connectivity index (χ0) is 25.4. The maximum absolute atomic E-state index is 10.7. The van der Waals surface area contributed by atoms with Crippen molar-refractivity contribution in [2.24, 2.45) is 0 Å². The van der Waals surface area contributed by atoms with Gasteiger partial charge in [0.1, 0.15) is 74.3 Å². The third kappa shape index (κ3) is 4.71. The molecule has 3 aliphatic rings. The van der Waals surface area contributed by atoms with Crippen LogP contribution in [0.3, 0.4) is 0 Å². The van der Waals surface area contributed by atoms with E-state index >= 15 is 0 Å². The van der Waals surface area contributed by atoms with Crippen molar-refractivity contribution < 1.29 is 79.9 Å².